The molecule has 1 heterocycles. The van der Waals surface area contributed by atoms with Crippen molar-refractivity contribution in [1.82, 2.24) is 4.98 Å². The summed E-state index contributed by atoms with van der Waals surface area (Å²) in [6.45, 7) is 1.93. The maximum absolute atomic E-state index is 8.93. The Morgan fingerprint density at radius 3 is 2.65 bits per heavy atom. The van der Waals surface area contributed by atoms with Crippen LogP contribution in [0.3, 0.4) is 0 Å². The fourth-order valence-electron chi connectivity index (χ4n) is 1.38. The van der Waals surface area contributed by atoms with E-state index in [0.717, 1.165) is 11.1 Å². The molecule has 0 aliphatic heterocycles. The lowest BCUT2D eigenvalue weighted by molar-refractivity contribution is 0.281. The van der Waals surface area contributed by atoms with Gasteiger partial charge in [-0.3, -0.25) is 0 Å². The SMILES string of the molecule is Cc1cnc(Cl)cc1Oc1ccc(CO)cc1. The molecule has 0 saturated heterocycles. The molecule has 0 amide bonds. The van der Waals surface area contributed by atoms with E-state index >= 15 is 0 Å². The van der Waals surface area contributed by atoms with E-state index in [0.29, 0.717) is 16.7 Å². The molecule has 2 aromatic rings. The summed E-state index contributed by atoms with van der Waals surface area (Å²) in [5.41, 5.74) is 1.77. The fraction of sp³-hybridized carbons (Fsp3) is 0.154. The van der Waals surface area contributed by atoms with Crippen molar-refractivity contribution in [1.29, 1.82) is 0 Å². The largest absolute Gasteiger partial charge is 0.457 e. The van der Waals surface area contributed by atoms with Gasteiger partial charge < -0.3 is 9.84 Å². The van der Waals surface area contributed by atoms with Crippen LogP contribution in [0.5, 0.6) is 11.5 Å². The van der Waals surface area contributed by atoms with E-state index in [4.69, 9.17) is 21.4 Å². The van der Waals surface area contributed by atoms with Crippen molar-refractivity contribution >= 4 is 11.6 Å². The Bertz CT molecular complexity index is 511. The second-order valence-corrected chi connectivity index (χ2v) is 4.06. The van der Waals surface area contributed by atoms with Crippen LogP contribution in [0.4, 0.5) is 0 Å². The van der Waals surface area contributed by atoms with Crippen molar-refractivity contribution in [3.63, 3.8) is 0 Å². The third-order valence-electron chi connectivity index (χ3n) is 2.35. The number of aryl methyl sites for hydroxylation is 1. The highest BCUT2D eigenvalue weighted by atomic mass is 35.5. The Hall–Kier alpha value is -1.58. The molecular weight excluding hydrogens is 238 g/mol. The highest BCUT2D eigenvalue weighted by Gasteiger charge is 2.03. The Morgan fingerprint density at radius 2 is 2.00 bits per heavy atom. The average Bonchev–Trinajstić information content (AvgIpc) is 2.35. The van der Waals surface area contributed by atoms with Gasteiger partial charge in [0.05, 0.1) is 6.61 Å². The van der Waals surface area contributed by atoms with Crippen LogP contribution >= 0.6 is 11.6 Å². The number of aromatic nitrogens is 1. The number of aliphatic hydroxyl groups is 1. The van der Waals surface area contributed by atoms with Gasteiger partial charge in [-0.15, -0.1) is 0 Å². The maximum Gasteiger partial charge on any atom is 0.134 e. The van der Waals surface area contributed by atoms with Gasteiger partial charge in [0.25, 0.3) is 0 Å². The maximum atomic E-state index is 8.93. The van der Waals surface area contributed by atoms with Crippen LogP contribution in [0.15, 0.2) is 36.5 Å². The van der Waals surface area contributed by atoms with Gasteiger partial charge in [-0.2, -0.15) is 0 Å². The normalized spacial score (nSPS) is 10.3. The predicted molar refractivity (Wildman–Crippen MR) is 66.4 cm³/mol. The number of hydrogen-bond donors (Lipinski definition) is 1. The molecule has 1 N–H and O–H groups in total. The molecule has 0 spiro atoms. The Kier molecular flexibility index (Phi) is 3.61. The Labute approximate surface area is 105 Å². The van der Waals surface area contributed by atoms with Crippen LogP contribution in [0.25, 0.3) is 0 Å². The quantitative estimate of drug-likeness (QED) is 0.849. The van der Waals surface area contributed by atoms with Gasteiger partial charge in [0, 0.05) is 17.8 Å². The number of halogens is 1. The van der Waals surface area contributed by atoms with E-state index in [2.05, 4.69) is 4.98 Å². The lowest BCUT2D eigenvalue weighted by Gasteiger charge is -2.08. The first-order valence-electron chi connectivity index (χ1n) is 5.19. The van der Waals surface area contributed by atoms with Gasteiger partial charge in [0.15, 0.2) is 0 Å². The van der Waals surface area contributed by atoms with Crippen LogP contribution < -0.4 is 4.74 Å². The summed E-state index contributed by atoms with van der Waals surface area (Å²) >= 11 is 5.81. The molecule has 0 atom stereocenters. The minimum absolute atomic E-state index is 0.0282. The molecule has 0 unspecified atom stereocenters. The number of aliphatic hydroxyl groups excluding tert-OH is 1. The summed E-state index contributed by atoms with van der Waals surface area (Å²) in [5, 5.41) is 9.33. The summed E-state index contributed by atoms with van der Waals surface area (Å²) in [7, 11) is 0. The molecule has 88 valence electrons. The van der Waals surface area contributed by atoms with E-state index in [1.165, 1.54) is 0 Å². The number of pyridine rings is 1. The van der Waals surface area contributed by atoms with Crippen molar-refractivity contribution in [2.45, 2.75) is 13.5 Å². The molecule has 3 nitrogen and oxygen atoms in total. The first-order chi connectivity index (χ1) is 8.19. The van der Waals surface area contributed by atoms with E-state index in [1.807, 2.05) is 19.1 Å². The molecular formula is C13H12ClNO2. The summed E-state index contributed by atoms with van der Waals surface area (Å²) in [6.07, 6.45) is 1.67. The molecule has 0 saturated carbocycles. The van der Waals surface area contributed by atoms with Crippen LogP contribution in [0.2, 0.25) is 5.15 Å². The second-order valence-electron chi connectivity index (χ2n) is 3.68. The van der Waals surface area contributed by atoms with Crippen molar-refractivity contribution in [3.8, 4) is 11.5 Å². The number of benzene rings is 1. The van der Waals surface area contributed by atoms with Crippen molar-refractivity contribution in [2.75, 3.05) is 0 Å². The van der Waals surface area contributed by atoms with Crippen molar-refractivity contribution < 1.29 is 9.84 Å². The third kappa shape index (κ3) is 2.96. The van der Waals surface area contributed by atoms with Crippen LogP contribution in [0, 0.1) is 6.92 Å². The van der Waals surface area contributed by atoms with Crippen LogP contribution in [-0.4, -0.2) is 10.1 Å². The van der Waals surface area contributed by atoms with Gasteiger partial charge in [-0.25, -0.2) is 4.98 Å². The fourth-order valence-corrected chi connectivity index (χ4v) is 1.53. The first-order valence-corrected chi connectivity index (χ1v) is 5.56. The summed E-state index contributed by atoms with van der Waals surface area (Å²) < 4.78 is 5.68. The number of rotatable bonds is 3. The molecule has 0 bridgehead atoms. The number of ether oxygens (including phenoxy) is 1. The zero-order valence-corrected chi connectivity index (χ0v) is 10.1. The van der Waals surface area contributed by atoms with Gasteiger partial charge >= 0.3 is 0 Å². The standard InChI is InChI=1S/C13H12ClNO2/c1-9-7-15-13(14)6-12(9)17-11-4-2-10(8-16)3-5-11/h2-7,16H,8H2,1H3. The predicted octanol–water partition coefficient (Wildman–Crippen LogP) is 3.33. The Balaban J connectivity index is 2.22. The molecule has 2 rings (SSSR count). The van der Waals surface area contributed by atoms with Crippen LogP contribution in [-0.2, 0) is 6.61 Å². The highest BCUT2D eigenvalue weighted by molar-refractivity contribution is 6.29. The first kappa shape index (κ1) is 11.9. The number of hydrogen-bond acceptors (Lipinski definition) is 3. The van der Waals surface area contributed by atoms with E-state index in [1.54, 1.807) is 24.4 Å². The minimum atomic E-state index is 0.0282. The monoisotopic (exact) mass is 249 g/mol. The summed E-state index contributed by atoms with van der Waals surface area (Å²) in [5.74, 6) is 1.38. The molecule has 0 fully saturated rings. The van der Waals surface area contributed by atoms with Gasteiger partial charge in [0.1, 0.15) is 16.7 Å². The average molecular weight is 250 g/mol. The van der Waals surface area contributed by atoms with Gasteiger partial charge in [-0.05, 0) is 24.6 Å². The molecule has 4 heteroatoms. The van der Waals surface area contributed by atoms with E-state index in [9.17, 15) is 0 Å². The van der Waals surface area contributed by atoms with Crippen molar-refractivity contribution in [3.05, 3.63) is 52.8 Å². The molecule has 0 aliphatic rings. The van der Waals surface area contributed by atoms with Gasteiger partial charge in [-0.1, -0.05) is 23.7 Å². The second kappa shape index (κ2) is 5.17. The summed E-state index contributed by atoms with van der Waals surface area (Å²) in [6, 6.07) is 8.91. The Morgan fingerprint density at radius 1 is 1.29 bits per heavy atom. The third-order valence-corrected chi connectivity index (χ3v) is 2.56. The molecule has 17 heavy (non-hydrogen) atoms. The highest BCUT2D eigenvalue weighted by Crippen LogP contribution is 2.26. The lowest BCUT2D eigenvalue weighted by Crippen LogP contribution is -1.90. The molecule has 0 radical (unpaired) electrons. The topological polar surface area (TPSA) is 42.4 Å². The zero-order chi connectivity index (χ0) is 12.3. The molecule has 0 aliphatic carbocycles. The smallest absolute Gasteiger partial charge is 0.134 e. The molecule has 1 aromatic carbocycles. The number of nitrogens with zero attached hydrogens (tertiary/aromatic N) is 1. The van der Waals surface area contributed by atoms with E-state index in [-0.39, 0.29) is 6.61 Å². The molecule has 1 aromatic heterocycles. The van der Waals surface area contributed by atoms with Gasteiger partial charge in [0.2, 0.25) is 0 Å². The zero-order valence-electron chi connectivity index (χ0n) is 9.35. The van der Waals surface area contributed by atoms with Crippen LogP contribution in [0.1, 0.15) is 11.1 Å². The van der Waals surface area contributed by atoms with Crippen molar-refractivity contribution in [2.24, 2.45) is 0 Å². The lowest BCUT2D eigenvalue weighted by atomic mass is 10.2. The minimum Gasteiger partial charge on any atom is -0.457 e. The van der Waals surface area contributed by atoms with E-state index < -0.39 is 0 Å². The summed E-state index contributed by atoms with van der Waals surface area (Å²) in [4.78, 5) is 3.96.